The molecule has 3 N–H and O–H groups in total. The molecule has 1 fully saturated rings. The minimum absolute atomic E-state index is 0.256. The molecule has 1 aromatic rings. The molecule has 0 amide bonds. The van der Waals surface area contributed by atoms with Gasteiger partial charge in [-0.3, -0.25) is 0 Å². The van der Waals surface area contributed by atoms with Crippen molar-refractivity contribution in [3.8, 4) is 0 Å². The zero-order valence-electron chi connectivity index (χ0n) is 10.3. The van der Waals surface area contributed by atoms with Crippen LogP contribution in [0.5, 0.6) is 0 Å². The van der Waals surface area contributed by atoms with Crippen molar-refractivity contribution in [2.24, 2.45) is 17.6 Å². The Balaban J connectivity index is 1.93. The summed E-state index contributed by atoms with van der Waals surface area (Å²) < 4.78 is 1.14. The van der Waals surface area contributed by atoms with Gasteiger partial charge in [0.15, 0.2) is 0 Å². The summed E-state index contributed by atoms with van der Waals surface area (Å²) in [7, 11) is 0. The molecule has 0 aromatic heterocycles. The van der Waals surface area contributed by atoms with Crippen LogP contribution in [0.2, 0.25) is 0 Å². The van der Waals surface area contributed by atoms with E-state index in [4.69, 9.17) is 5.73 Å². The van der Waals surface area contributed by atoms with Gasteiger partial charge in [-0.15, -0.1) is 0 Å². The van der Waals surface area contributed by atoms with Crippen molar-refractivity contribution in [2.75, 3.05) is 13.1 Å². The lowest BCUT2D eigenvalue weighted by Crippen LogP contribution is -2.32. The van der Waals surface area contributed by atoms with E-state index in [1.165, 1.54) is 18.4 Å². The molecule has 2 unspecified atom stereocenters. The Bertz CT molecular complexity index is 363. The fourth-order valence-electron chi connectivity index (χ4n) is 2.24. The van der Waals surface area contributed by atoms with Crippen LogP contribution in [0.1, 0.15) is 31.4 Å². The van der Waals surface area contributed by atoms with E-state index in [1.807, 2.05) is 6.07 Å². The number of benzene rings is 1. The van der Waals surface area contributed by atoms with Crippen LogP contribution in [-0.4, -0.2) is 13.1 Å². The minimum atomic E-state index is 0.256. The maximum Gasteiger partial charge on any atom is 0.0455 e. The Labute approximate surface area is 112 Å². The number of rotatable bonds is 6. The topological polar surface area (TPSA) is 38.0 Å². The molecule has 0 radical (unpaired) electrons. The number of hydrogen-bond acceptors (Lipinski definition) is 2. The van der Waals surface area contributed by atoms with Crippen molar-refractivity contribution in [2.45, 2.75) is 25.8 Å². The molecule has 2 nitrogen and oxygen atoms in total. The van der Waals surface area contributed by atoms with E-state index < -0.39 is 0 Å². The monoisotopic (exact) mass is 296 g/mol. The van der Waals surface area contributed by atoms with E-state index in [2.05, 4.69) is 46.4 Å². The molecule has 1 saturated carbocycles. The normalized spacial score (nSPS) is 19.0. The average molecular weight is 297 g/mol. The lowest BCUT2D eigenvalue weighted by Gasteiger charge is -2.21. The van der Waals surface area contributed by atoms with Crippen LogP contribution < -0.4 is 11.1 Å². The van der Waals surface area contributed by atoms with Crippen LogP contribution in [0, 0.1) is 11.8 Å². The highest BCUT2D eigenvalue weighted by atomic mass is 79.9. The molecule has 2 rings (SSSR count). The number of nitrogens with one attached hydrogen (secondary N) is 1. The zero-order valence-corrected chi connectivity index (χ0v) is 11.9. The first-order chi connectivity index (χ1) is 8.22. The van der Waals surface area contributed by atoms with Gasteiger partial charge >= 0.3 is 0 Å². The molecular formula is C14H21BrN2. The first-order valence-corrected chi connectivity index (χ1v) is 7.19. The summed E-state index contributed by atoms with van der Waals surface area (Å²) in [6.07, 6.45) is 2.82. The largest absolute Gasteiger partial charge is 0.329 e. The van der Waals surface area contributed by atoms with Crippen molar-refractivity contribution >= 4 is 15.9 Å². The van der Waals surface area contributed by atoms with Crippen molar-refractivity contribution in [3.05, 3.63) is 34.3 Å². The number of hydrogen-bond donors (Lipinski definition) is 2. The number of halogens is 1. The van der Waals surface area contributed by atoms with Crippen molar-refractivity contribution in [1.82, 2.24) is 5.32 Å². The van der Waals surface area contributed by atoms with Gasteiger partial charge in [0.05, 0.1) is 0 Å². The Morgan fingerprint density at radius 1 is 1.41 bits per heavy atom. The molecule has 94 valence electrons. The molecule has 3 heteroatoms. The van der Waals surface area contributed by atoms with E-state index in [0.29, 0.717) is 6.54 Å². The third kappa shape index (κ3) is 3.54. The van der Waals surface area contributed by atoms with Gasteiger partial charge in [0.25, 0.3) is 0 Å². The predicted octanol–water partition coefficient (Wildman–Crippen LogP) is 3.08. The van der Waals surface area contributed by atoms with Gasteiger partial charge in [-0.2, -0.15) is 0 Å². The molecule has 1 aliphatic rings. The third-order valence-corrected chi connectivity index (χ3v) is 4.35. The maximum absolute atomic E-state index is 5.87. The zero-order chi connectivity index (χ0) is 12.3. The quantitative estimate of drug-likeness (QED) is 0.847. The van der Waals surface area contributed by atoms with E-state index >= 15 is 0 Å². The highest BCUT2D eigenvalue weighted by Crippen LogP contribution is 2.36. The highest BCUT2D eigenvalue weighted by Gasteiger charge is 2.28. The van der Waals surface area contributed by atoms with Crippen LogP contribution in [0.3, 0.4) is 0 Å². The summed E-state index contributed by atoms with van der Waals surface area (Å²) in [6.45, 7) is 4.03. The fraction of sp³-hybridized carbons (Fsp3) is 0.571. The lowest BCUT2D eigenvalue weighted by atomic mass is 10.0. The molecule has 0 saturated heterocycles. The lowest BCUT2D eigenvalue weighted by molar-refractivity contribution is 0.422. The average Bonchev–Trinajstić information content (AvgIpc) is 3.15. The van der Waals surface area contributed by atoms with E-state index in [9.17, 15) is 0 Å². The minimum Gasteiger partial charge on any atom is -0.329 e. The molecule has 0 heterocycles. The van der Waals surface area contributed by atoms with Crippen LogP contribution in [0.15, 0.2) is 28.7 Å². The molecule has 0 spiro atoms. The van der Waals surface area contributed by atoms with Gasteiger partial charge in [0.2, 0.25) is 0 Å². The fourth-order valence-corrected chi connectivity index (χ4v) is 2.80. The predicted molar refractivity (Wildman–Crippen MR) is 75.8 cm³/mol. The Morgan fingerprint density at radius 2 is 2.12 bits per heavy atom. The summed E-state index contributed by atoms with van der Waals surface area (Å²) in [5.41, 5.74) is 7.13. The first kappa shape index (κ1) is 13.1. The molecule has 17 heavy (non-hydrogen) atoms. The van der Waals surface area contributed by atoms with Crippen LogP contribution in [0.25, 0.3) is 0 Å². The van der Waals surface area contributed by atoms with E-state index in [0.717, 1.165) is 22.9 Å². The van der Waals surface area contributed by atoms with Crippen molar-refractivity contribution < 1.29 is 0 Å². The van der Waals surface area contributed by atoms with Gasteiger partial charge in [0, 0.05) is 17.1 Å². The smallest absolute Gasteiger partial charge is 0.0455 e. The SMILES string of the molecule is CC(CNC(CN)c1ccccc1Br)C1CC1. The Hall–Kier alpha value is -0.380. The van der Waals surface area contributed by atoms with E-state index in [-0.39, 0.29) is 6.04 Å². The van der Waals surface area contributed by atoms with Crippen molar-refractivity contribution in [3.63, 3.8) is 0 Å². The van der Waals surface area contributed by atoms with Gasteiger partial charge in [-0.1, -0.05) is 41.1 Å². The second-order valence-electron chi connectivity index (χ2n) is 5.03. The Kier molecular flexibility index (Phi) is 4.60. The van der Waals surface area contributed by atoms with Gasteiger partial charge < -0.3 is 11.1 Å². The summed E-state index contributed by atoms with van der Waals surface area (Å²) in [5, 5.41) is 3.59. The van der Waals surface area contributed by atoms with E-state index in [1.54, 1.807) is 0 Å². The first-order valence-electron chi connectivity index (χ1n) is 6.40. The second-order valence-corrected chi connectivity index (χ2v) is 5.89. The summed E-state index contributed by atoms with van der Waals surface area (Å²) in [4.78, 5) is 0. The molecule has 1 aromatic carbocycles. The Morgan fingerprint density at radius 3 is 2.71 bits per heavy atom. The standard InChI is InChI=1S/C14H21BrN2/c1-10(11-6-7-11)9-17-14(8-16)12-4-2-3-5-13(12)15/h2-5,10-11,14,17H,6-9,16H2,1H3. The summed E-state index contributed by atoms with van der Waals surface area (Å²) in [6, 6.07) is 8.56. The van der Waals surface area contributed by atoms with Crippen LogP contribution in [-0.2, 0) is 0 Å². The third-order valence-electron chi connectivity index (χ3n) is 3.63. The second kappa shape index (κ2) is 5.98. The van der Waals surface area contributed by atoms with Crippen LogP contribution >= 0.6 is 15.9 Å². The van der Waals surface area contributed by atoms with Crippen molar-refractivity contribution in [1.29, 1.82) is 0 Å². The van der Waals surface area contributed by atoms with Gasteiger partial charge in [-0.25, -0.2) is 0 Å². The highest BCUT2D eigenvalue weighted by molar-refractivity contribution is 9.10. The van der Waals surface area contributed by atoms with Crippen LogP contribution in [0.4, 0.5) is 0 Å². The van der Waals surface area contributed by atoms with Gasteiger partial charge in [-0.05, 0) is 42.9 Å². The molecular weight excluding hydrogens is 276 g/mol. The maximum atomic E-state index is 5.87. The molecule has 0 bridgehead atoms. The van der Waals surface area contributed by atoms with Gasteiger partial charge in [0.1, 0.15) is 0 Å². The summed E-state index contributed by atoms with van der Waals surface area (Å²) in [5.74, 6) is 1.71. The molecule has 2 atom stereocenters. The molecule has 0 aliphatic heterocycles. The number of nitrogens with two attached hydrogens (primary N) is 1. The summed E-state index contributed by atoms with van der Waals surface area (Å²) >= 11 is 3.59. The molecule has 1 aliphatic carbocycles.